The molecule has 1 aromatic heterocycles. The molecule has 16 heteroatoms. The number of urea groups is 1. The molecule has 0 radical (unpaired) electrons. The molecule has 10 nitrogen and oxygen atoms in total. The number of methoxy groups -OCH3 is 1. The van der Waals surface area contributed by atoms with Crippen LogP contribution >= 0.6 is 0 Å². The maximum absolute atomic E-state index is 12.5. The summed E-state index contributed by atoms with van der Waals surface area (Å²) >= 11 is 0. The molecule has 3 atom stereocenters. The molecule has 0 saturated carbocycles. The molecule has 3 heterocycles. The number of aromatic nitrogens is 1. The Bertz CT molecular complexity index is 876. The van der Waals surface area contributed by atoms with Crippen LogP contribution in [0, 0.1) is 5.92 Å². The summed E-state index contributed by atoms with van der Waals surface area (Å²) in [5.74, 6) is -5.13. The van der Waals surface area contributed by atoms with Crippen LogP contribution in [-0.2, 0) is 20.9 Å². The van der Waals surface area contributed by atoms with Gasteiger partial charge in [0, 0.05) is 65.7 Å². The van der Waals surface area contributed by atoms with Crippen molar-refractivity contribution in [3.05, 3.63) is 30.1 Å². The molecule has 2 aliphatic rings. The highest BCUT2D eigenvalue weighted by molar-refractivity contribution is 5.74. The molecule has 37 heavy (non-hydrogen) atoms. The summed E-state index contributed by atoms with van der Waals surface area (Å²) in [4.78, 5) is 40.6. The average Bonchev–Trinajstić information content (AvgIpc) is 3.21. The lowest BCUT2D eigenvalue weighted by molar-refractivity contribution is -0.193. The number of aliphatic carboxylic acids is 2. The van der Waals surface area contributed by atoms with Crippen LogP contribution in [-0.4, -0.2) is 113 Å². The first-order valence-corrected chi connectivity index (χ1v) is 10.7. The van der Waals surface area contributed by atoms with E-state index >= 15 is 0 Å². The molecular weight excluding hydrogens is 518 g/mol. The highest BCUT2D eigenvalue weighted by Gasteiger charge is 2.46. The zero-order chi connectivity index (χ0) is 28.6. The van der Waals surface area contributed by atoms with Crippen LogP contribution in [0.2, 0.25) is 0 Å². The molecule has 0 aromatic carbocycles. The predicted octanol–water partition coefficient (Wildman–Crippen LogP) is 2.55. The average molecular weight is 546 g/mol. The number of amides is 2. The van der Waals surface area contributed by atoms with Crippen molar-refractivity contribution in [2.45, 2.75) is 37.5 Å². The minimum absolute atomic E-state index is 0.109. The highest BCUT2D eigenvalue weighted by atomic mass is 19.4. The zero-order valence-corrected chi connectivity index (χ0v) is 20.2. The number of carboxylic acid groups (broad SMARTS) is 2. The van der Waals surface area contributed by atoms with Crippen molar-refractivity contribution in [1.29, 1.82) is 0 Å². The number of carbonyl (C=O) groups is 3. The van der Waals surface area contributed by atoms with Gasteiger partial charge < -0.3 is 24.7 Å². The van der Waals surface area contributed by atoms with E-state index in [-0.39, 0.29) is 18.2 Å². The van der Waals surface area contributed by atoms with Gasteiger partial charge in [0.2, 0.25) is 0 Å². The van der Waals surface area contributed by atoms with Gasteiger partial charge in [0.1, 0.15) is 0 Å². The summed E-state index contributed by atoms with van der Waals surface area (Å²) in [5, 5.41) is 14.2. The minimum Gasteiger partial charge on any atom is -0.475 e. The van der Waals surface area contributed by atoms with Crippen molar-refractivity contribution in [3.8, 4) is 0 Å². The summed E-state index contributed by atoms with van der Waals surface area (Å²) in [6, 6.07) is 4.42. The van der Waals surface area contributed by atoms with Gasteiger partial charge in [-0.05, 0) is 18.1 Å². The fourth-order valence-corrected chi connectivity index (χ4v) is 3.90. The third-order valence-corrected chi connectivity index (χ3v) is 5.49. The second-order valence-corrected chi connectivity index (χ2v) is 8.33. The number of alkyl halides is 6. The number of ether oxygens (including phenoxy) is 1. The molecule has 0 spiro atoms. The third-order valence-electron chi connectivity index (χ3n) is 5.49. The topological polar surface area (TPSA) is 124 Å². The second kappa shape index (κ2) is 13.4. The number of pyridine rings is 1. The lowest BCUT2D eigenvalue weighted by Crippen LogP contribution is -2.55. The molecule has 2 fully saturated rings. The highest BCUT2D eigenvalue weighted by Crippen LogP contribution is 2.33. The van der Waals surface area contributed by atoms with E-state index in [1.54, 1.807) is 18.2 Å². The summed E-state index contributed by atoms with van der Waals surface area (Å²) in [5.41, 5.74) is 1.21. The van der Waals surface area contributed by atoms with Gasteiger partial charge >= 0.3 is 30.3 Å². The Labute approximate surface area is 208 Å². The first-order valence-electron chi connectivity index (χ1n) is 10.7. The van der Waals surface area contributed by atoms with E-state index in [1.165, 1.54) is 5.56 Å². The van der Waals surface area contributed by atoms with Crippen LogP contribution in [0.1, 0.15) is 12.0 Å². The molecule has 0 bridgehead atoms. The van der Waals surface area contributed by atoms with E-state index in [1.807, 2.05) is 31.3 Å². The predicted molar refractivity (Wildman–Crippen MR) is 115 cm³/mol. The van der Waals surface area contributed by atoms with Crippen molar-refractivity contribution in [2.24, 2.45) is 5.92 Å². The van der Waals surface area contributed by atoms with Crippen LogP contribution in [0.3, 0.4) is 0 Å². The van der Waals surface area contributed by atoms with Crippen molar-refractivity contribution < 1.29 is 55.7 Å². The minimum atomic E-state index is -5.08. The molecule has 2 aliphatic heterocycles. The van der Waals surface area contributed by atoms with Crippen LogP contribution in [0.25, 0.3) is 0 Å². The Morgan fingerprint density at radius 2 is 1.62 bits per heavy atom. The fraction of sp³-hybridized carbons (Fsp3) is 0.619. The maximum atomic E-state index is 12.5. The van der Waals surface area contributed by atoms with Gasteiger partial charge in [-0.15, -0.1) is 0 Å². The van der Waals surface area contributed by atoms with Crippen molar-refractivity contribution >= 4 is 18.0 Å². The first-order chi connectivity index (χ1) is 17.0. The van der Waals surface area contributed by atoms with Crippen LogP contribution in [0.5, 0.6) is 0 Å². The van der Waals surface area contributed by atoms with E-state index in [0.29, 0.717) is 5.92 Å². The summed E-state index contributed by atoms with van der Waals surface area (Å²) in [7, 11) is 5.43. The smallest absolute Gasteiger partial charge is 0.475 e. The van der Waals surface area contributed by atoms with Gasteiger partial charge in [0.25, 0.3) is 0 Å². The lowest BCUT2D eigenvalue weighted by Gasteiger charge is -2.42. The number of halogens is 6. The molecule has 0 unspecified atom stereocenters. The van der Waals surface area contributed by atoms with Gasteiger partial charge in [-0.1, -0.05) is 6.07 Å². The van der Waals surface area contributed by atoms with Crippen LogP contribution < -0.4 is 0 Å². The maximum Gasteiger partial charge on any atom is 0.490 e. The lowest BCUT2D eigenvalue weighted by atomic mass is 9.89. The SMILES string of the molecule is CO[C@@H]1CCN(C(=O)N(C)C)[C@@H]2CN(Cc3cccnc3)C[C@@H]21.O=C(O)C(F)(F)F.O=C(O)C(F)(F)F. The molecule has 3 rings (SSSR count). The quantitative estimate of drug-likeness (QED) is 0.555. The van der Waals surface area contributed by atoms with Gasteiger partial charge in [-0.3, -0.25) is 9.88 Å². The number of nitrogens with zero attached hydrogens (tertiary/aromatic N) is 4. The first kappa shape index (κ1) is 31.9. The van der Waals surface area contributed by atoms with Crippen molar-refractivity contribution in [3.63, 3.8) is 0 Å². The number of likely N-dealkylation sites (tertiary alicyclic amines) is 2. The number of hydrogen-bond donors (Lipinski definition) is 2. The van der Waals surface area contributed by atoms with Crippen LogP contribution in [0.4, 0.5) is 31.1 Å². The Hall–Kier alpha value is -3.14. The molecular formula is C21H28F6N4O6. The number of piperidine rings is 1. The molecule has 0 aliphatic carbocycles. The molecule has 2 saturated heterocycles. The van der Waals surface area contributed by atoms with Crippen LogP contribution in [0.15, 0.2) is 24.5 Å². The largest absolute Gasteiger partial charge is 0.490 e. The molecule has 1 aromatic rings. The van der Waals surface area contributed by atoms with E-state index in [0.717, 1.165) is 32.6 Å². The van der Waals surface area contributed by atoms with E-state index in [9.17, 15) is 31.1 Å². The Balaban J connectivity index is 0.000000404. The van der Waals surface area contributed by atoms with Gasteiger partial charge in [-0.2, -0.15) is 26.3 Å². The van der Waals surface area contributed by atoms with E-state index in [4.69, 9.17) is 24.5 Å². The van der Waals surface area contributed by atoms with Gasteiger partial charge in [-0.25, -0.2) is 14.4 Å². The summed E-state index contributed by atoms with van der Waals surface area (Å²) in [6.45, 7) is 3.52. The normalized spacial score (nSPS) is 21.5. The van der Waals surface area contributed by atoms with E-state index < -0.39 is 24.3 Å². The summed E-state index contributed by atoms with van der Waals surface area (Å²) < 4.78 is 69.2. The third kappa shape index (κ3) is 10.0. The Morgan fingerprint density at radius 1 is 1.08 bits per heavy atom. The number of hydrogen-bond acceptors (Lipinski definition) is 6. The van der Waals surface area contributed by atoms with Gasteiger partial charge in [0.05, 0.1) is 12.1 Å². The van der Waals surface area contributed by atoms with Crippen molar-refractivity contribution in [2.75, 3.05) is 40.8 Å². The number of carboxylic acids is 2. The Kier molecular flexibility index (Phi) is 11.6. The molecule has 2 N–H and O–H groups in total. The standard InChI is InChI=1S/C17H26N4O2.2C2HF3O2/c1-19(2)17(22)21-8-6-16(23-3)14-11-20(12-15(14)21)10-13-5-4-7-18-9-13;2*3-2(4,5)1(6)7/h4-5,7,9,14-16H,6,8,10-12H2,1-3H3;2*(H,6,7)/t14-,15+,16+;;/m0../s1. The monoisotopic (exact) mass is 546 g/mol. The molecule has 2 amide bonds. The number of rotatable bonds is 3. The zero-order valence-electron chi connectivity index (χ0n) is 20.2. The second-order valence-electron chi connectivity index (χ2n) is 8.33. The molecule has 210 valence electrons. The Morgan fingerprint density at radius 3 is 2.03 bits per heavy atom. The van der Waals surface area contributed by atoms with Gasteiger partial charge in [0.15, 0.2) is 0 Å². The van der Waals surface area contributed by atoms with E-state index in [2.05, 4.69) is 16.0 Å². The fourth-order valence-electron chi connectivity index (χ4n) is 3.90. The summed E-state index contributed by atoms with van der Waals surface area (Å²) in [6.07, 6.45) is -5.30. The van der Waals surface area contributed by atoms with Crippen molar-refractivity contribution in [1.82, 2.24) is 19.7 Å². The number of carbonyl (C=O) groups excluding carboxylic acids is 1. The number of fused-ring (bicyclic) bond motifs is 1.